The molecule has 0 aromatic heterocycles. The number of benzene rings is 1. The third kappa shape index (κ3) is 3.45. The summed E-state index contributed by atoms with van der Waals surface area (Å²) in [5, 5.41) is 2.82. The molecule has 0 bridgehead atoms. The Balaban J connectivity index is 3.02. The lowest BCUT2D eigenvalue weighted by atomic mass is 9.86. The van der Waals surface area contributed by atoms with E-state index in [4.69, 9.17) is 22.7 Å². The molecule has 0 aliphatic rings. The largest absolute Gasteiger partial charge is 0.497 e. The fourth-order valence-electron chi connectivity index (χ4n) is 1.43. The van der Waals surface area contributed by atoms with Crippen LogP contribution in [0.4, 0.5) is 5.69 Å². The molecule has 0 heterocycles. The van der Waals surface area contributed by atoms with Gasteiger partial charge in [0, 0.05) is 10.5 Å². The lowest BCUT2D eigenvalue weighted by molar-refractivity contribution is -0.121. The maximum Gasteiger partial charge on any atom is 0.237 e. The van der Waals surface area contributed by atoms with Crippen LogP contribution in [0.15, 0.2) is 22.7 Å². The standard InChI is InChI=1S/C13H17BrN2O2S/c1-4-13(2,11(15)19)12(17)16-10-7-8(18-3)5-6-9(10)14/h5-7H,4H2,1-3H3,(H2,15,19)(H,16,17). The van der Waals surface area contributed by atoms with Gasteiger partial charge in [0.15, 0.2) is 0 Å². The molecule has 4 nitrogen and oxygen atoms in total. The zero-order valence-corrected chi connectivity index (χ0v) is 13.5. The molecule has 1 rings (SSSR count). The number of thiocarbonyl (C=S) groups is 1. The number of anilines is 1. The Labute approximate surface area is 126 Å². The minimum absolute atomic E-state index is 0.187. The average Bonchev–Trinajstić information content (AvgIpc) is 2.39. The summed E-state index contributed by atoms with van der Waals surface area (Å²) in [6, 6.07) is 5.34. The Hall–Kier alpha value is -1.14. The van der Waals surface area contributed by atoms with Crippen LogP contribution in [0.1, 0.15) is 20.3 Å². The van der Waals surface area contributed by atoms with Gasteiger partial charge in [0.1, 0.15) is 5.75 Å². The van der Waals surface area contributed by atoms with Crippen LogP contribution in [0, 0.1) is 5.41 Å². The van der Waals surface area contributed by atoms with Gasteiger partial charge in [0.05, 0.1) is 23.2 Å². The van der Waals surface area contributed by atoms with Gasteiger partial charge >= 0.3 is 0 Å². The van der Waals surface area contributed by atoms with E-state index in [9.17, 15) is 4.79 Å². The first-order valence-corrected chi connectivity index (χ1v) is 7.00. The molecule has 104 valence electrons. The van der Waals surface area contributed by atoms with Crippen molar-refractivity contribution in [2.75, 3.05) is 12.4 Å². The molecule has 0 aliphatic heterocycles. The van der Waals surface area contributed by atoms with Crippen molar-refractivity contribution < 1.29 is 9.53 Å². The van der Waals surface area contributed by atoms with Gasteiger partial charge in [-0.3, -0.25) is 4.79 Å². The molecule has 6 heteroatoms. The molecule has 1 aromatic carbocycles. The summed E-state index contributed by atoms with van der Waals surface area (Å²) in [5.41, 5.74) is 5.43. The second-order valence-electron chi connectivity index (χ2n) is 4.35. The van der Waals surface area contributed by atoms with Crippen molar-refractivity contribution in [3.05, 3.63) is 22.7 Å². The van der Waals surface area contributed by atoms with Crippen molar-refractivity contribution in [2.24, 2.45) is 11.1 Å². The van der Waals surface area contributed by atoms with Gasteiger partial charge in [0.25, 0.3) is 0 Å². The maximum atomic E-state index is 12.3. The molecule has 1 aromatic rings. The Bertz CT molecular complexity index is 507. The molecule has 0 saturated carbocycles. The van der Waals surface area contributed by atoms with Crippen molar-refractivity contribution in [1.29, 1.82) is 0 Å². The lowest BCUT2D eigenvalue weighted by Gasteiger charge is -2.25. The maximum absolute atomic E-state index is 12.3. The number of ether oxygens (including phenoxy) is 1. The van der Waals surface area contributed by atoms with Crippen LogP contribution in [-0.4, -0.2) is 18.0 Å². The van der Waals surface area contributed by atoms with Crippen molar-refractivity contribution in [1.82, 2.24) is 0 Å². The third-order valence-electron chi connectivity index (χ3n) is 3.17. The highest BCUT2D eigenvalue weighted by atomic mass is 79.9. The molecule has 0 fully saturated rings. The van der Waals surface area contributed by atoms with Gasteiger partial charge in [0.2, 0.25) is 5.91 Å². The van der Waals surface area contributed by atoms with E-state index in [2.05, 4.69) is 21.2 Å². The number of halogens is 1. The van der Waals surface area contributed by atoms with E-state index in [0.717, 1.165) is 4.47 Å². The van der Waals surface area contributed by atoms with Crippen LogP contribution in [0.5, 0.6) is 5.75 Å². The molecule has 1 unspecified atom stereocenters. The first-order valence-electron chi connectivity index (χ1n) is 5.80. The highest BCUT2D eigenvalue weighted by molar-refractivity contribution is 9.10. The van der Waals surface area contributed by atoms with Crippen molar-refractivity contribution in [3.63, 3.8) is 0 Å². The van der Waals surface area contributed by atoms with E-state index >= 15 is 0 Å². The number of rotatable bonds is 5. The molecule has 3 N–H and O–H groups in total. The van der Waals surface area contributed by atoms with E-state index in [1.807, 2.05) is 6.92 Å². The zero-order valence-electron chi connectivity index (χ0n) is 11.1. The summed E-state index contributed by atoms with van der Waals surface area (Å²) in [5.74, 6) is 0.434. The van der Waals surface area contributed by atoms with E-state index in [-0.39, 0.29) is 10.9 Å². The lowest BCUT2D eigenvalue weighted by Crippen LogP contribution is -2.43. The van der Waals surface area contributed by atoms with Crippen molar-refractivity contribution in [3.8, 4) is 5.75 Å². The fourth-order valence-corrected chi connectivity index (χ4v) is 2.02. The normalized spacial score (nSPS) is 13.5. The first kappa shape index (κ1) is 15.9. The highest BCUT2D eigenvalue weighted by Gasteiger charge is 2.34. The summed E-state index contributed by atoms with van der Waals surface area (Å²) in [6.07, 6.45) is 0.537. The molecule has 0 radical (unpaired) electrons. The molecular weight excluding hydrogens is 328 g/mol. The Morgan fingerprint density at radius 3 is 2.68 bits per heavy atom. The summed E-state index contributed by atoms with van der Waals surface area (Å²) in [7, 11) is 1.57. The second-order valence-corrected chi connectivity index (χ2v) is 5.64. The quantitative estimate of drug-likeness (QED) is 0.805. The van der Waals surface area contributed by atoms with Crippen LogP contribution < -0.4 is 15.8 Å². The zero-order chi connectivity index (χ0) is 14.6. The van der Waals surface area contributed by atoms with E-state index in [0.29, 0.717) is 17.9 Å². The smallest absolute Gasteiger partial charge is 0.237 e. The fraction of sp³-hybridized carbons (Fsp3) is 0.385. The van der Waals surface area contributed by atoms with Gasteiger partial charge in [-0.1, -0.05) is 19.1 Å². The monoisotopic (exact) mass is 344 g/mol. The summed E-state index contributed by atoms with van der Waals surface area (Å²) in [4.78, 5) is 12.5. The topological polar surface area (TPSA) is 64.3 Å². The SMILES string of the molecule is CCC(C)(C(=O)Nc1cc(OC)ccc1Br)C(N)=S. The van der Waals surface area contributed by atoms with Crippen molar-refractivity contribution in [2.45, 2.75) is 20.3 Å². The molecule has 1 atom stereocenters. The van der Waals surface area contributed by atoms with Crippen LogP contribution in [0.25, 0.3) is 0 Å². The minimum atomic E-state index is -0.863. The highest BCUT2D eigenvalue weighted by Crippen LogP contribution is 2.30. The average molecular weight is 345 g/mol. The van der Waals surface area contributed by atoms with Gasteiger partial charge in [-0.2, -0.15) is 0 Å². The summed E-state index contributed by atoms with van der Waals surface area (Å²) >= 11 is 8.36. The van der Waals surface area contributed by atoms with Crippen LogP contribution in [0.2, 0.25) is 0 Å². The van der Waals surface area contributed by atoms with Crippen molar-refractivity contribution >= 4 is 44.7 Å². The number of carbonyl (C=O) groups is 1. The minimum Gasteiger partial charge on any atom is -0.497 e. The van der Waals surface area contributed by atoms with Gasteiger partial charge in [-0.05, 0) is 41.4 Å². The number of nitrogens with two attached hydrogens (primary N) is 1. The molecule has 0 saturated heterocycles. The third-order valence-corrected chi connectivity index (χ3v) is 4.32. The molecule has 0 spiro atoms. The Morgan fingerprint density at radius 2 is 2.21 bits per heavy atom. The number of carbonyl (C=O) groups excluding carboxylic acids is 1. The van der Waals surface area contributed by atoms with E-state index < -0.39 is 5.41 Å². The Morgan fingerprint density at radius 1 is 1.58 bits per heavy atom. The van der Waals surface area contributed by atoms with Crippen LogP contribution in [0.3, 0.4) is 0 Å². The summed E-state index contributed by atoms with van der Waals surface area (Å²) in [6.45, 7) is 3.61. The summed E-state index contributed by atoms with van der Waals surface area (Å²) < 4.78 is 5.89. The number of hydrogen-bond acceptors (Lipinski definition) is 3. The Kier molecular flexibility index (Phi) is 5.31. The van der Waals surface area contributed by atoms with Gasteiger partial charge < -0.3 is 15.8 Å². The molecular formula is C13H17BrN2O2S. The molecule has 1 amide bonds. The van der Waals surface area contributed by atoms with Gasteiger partial charge in [-0.25, -0.2) is 0 Å². The van der Waals surface area contributed by atoms with Crippen LogP contribution in [-0.2, 0) is 4.79 Å². The first-order chi connectivity index (χ1) is 8.85. The number of hydrogen-bond donors (Lipinski definition) is 2. The molecule has 19 heavy (non-hydrogen) atoms. The molecule has 0 aliphatic carbocycles. The van der Waals surface area contributed by atoms with Gasteiger partial charge in [-0.15, -0.1) is 0 Å². The number of nitrogens with one attached hydrogen (secondary N) is 1. The number of methoxy groups -OCH3 is 1. The van der Waals surface area contributed by atoms with Crippen LogP contribution >= 0.6 is 28.1 Å². The van der Waals surface area contributed by atoms with E-state index in [1.54, 1.807) is 32.2 Å². The second kappa shape index (κ2) is 6.34. The predicted octanol–water partition coefficient (Wildman–Crippen LogP) is 3.10. The predicted molar refractivity (Wildman–Crippen MR) is 84.5 cm³/mol. The number of amides is 1. The van der Waals surface area contributed by atoms with E-state index in [1.165, 1.54) is 0 Å².